The van der Waals surface area contributed by atoms with E-state index in [9.17, 15) is 9.59 Å². The Balaban J connectivity index is 1.81. The average molecular weight is 441 g/mol. The Labute approximate surface area is 183 Å². The van der Waals surface area contributed by atoms with Crippen LogP contribution in [0.4, 0.5) is 11.4 Å². The topological polar surface area (TPSA) is 59.1 Å². The van der Waals surface area contributed by atoms with Crippen molar-refractivity contribution in [3.8, 4) is 0 Å². The molecule has 2 aromatic carbocycles. The smallest absolute Gasteiger partial charge is 0.346 e. The van der Waals surface area contributed by atoms with Crippen molar-refractivity contribution in [3.05, 3.63) is 80.5 Å². The van der Waals surface area contributed by atoms with E-state index in [1.165, 1.54) is 37.7 Å². The summed E-state index contributed by atoms with van der Waals surface area (Å²) in [5, 5.41) is 0. The lowest BCUT2D eigenvalue weighted by atomic mass is 10.3. The molecule has 0 atom stereocenters. The van der Waals surface area contributed by atoms with E-state index in [0.29, 0.717) is 0 Å². The molecule has 2 aromatic rings. The van der Waals surface area contributed by atoms with Gasteiger partial charge in [-0.3, -0.25) is 0 Å². The molecule has 1 saturated heterocycles. The van der Waals surface area contributed by atoms with Gasteiger partial charge in [-0.25, -0.2) is 9.59 Å². The largest absolute Gasteiger partial charge is 0.465 e. The Kier molecular flexibility index (Phi) is 6.06. The van der Waals surface area contributed by atoms with E-state index in [2.05, 4.69) is 34.1 Å². The van der Waals surface area contributed by atoms with E-state index in [1.54, 1.807) is 0 Å². The third kappa shape index (κ3) is 3.80. The van der Waals surface area contributed by atoms with E-state index in [0.717, 1.165) is 34.5 Å². The van der Waals surface area contributed by atoms with Crippen LogP contribution in [0.15, 0.2) is 80.5 Å². The number of methoxy groups -OCH3 is 2. The molecule has 1 fully saturated rings. The maximum Gasteiger partial charge on any atom is 0.346 e. The average Bonchev–Trinajstić information content (AvgIpc) is 3.44. The minimum absolute atomic E-state index is 0.254. The lowest BCUT2D eigenvalue weighted by molar-refractivity contribution is -0.138. The lowest BCUT2D eigenvalue weighted by Gasteiger charge is -2.26. The number of ether oxygens (including phenoxy) is 2. The van der Waals surface area contributed by atoms with Crippen molar-refractivity contribution >= 4 is 46.8 Å². The molecule has 0 unspecified atom stereocenters. The molecule has 4 rings (SSSR count). The molecule has 0 aromatic heterocycles. The first kappa shape index (κ1) is 20.4. The minimum Gasteiger partial charge on any atom is -0.465 e. The molecule has 0 radical (unpaired) electrons. The summed E-state index contributed by atoms with van der Waals surface area (Å²) in [4.78, 5) is 29.6. The summed E-state index contributed by atoms with van der Waals surface area (Å²) >= 11 is 2.51. The first-order valence-corrected chi connectivity index (χ1v) is 10.9. The third-order valence-electron chi connectivity index (χ3n) is 4.71. The van der Waals surface area contributed by atoms with Crippen molar-refractivity contribution in [2.75, 3.05) is 37.1 Å². The van der Waals surface area contributed by atoms with Crippen LogP contribution in [0.1, 0.15) is 0 Å². The van der Waals surface area contributed by atoms with E-state index in [-0.39, 0.29) is 9.81 Å². The van der Waals surface area contributed by atoms with Crippen molar-refractivity contribution in [1.29, 1.82) is 0 Å². The first-order chi connectivity index (χ1) is 14.6. The second-order valence-electron chi connectivity index (χ2n) is 6.43. The van der Waals surface area contributed by atoms with Crippen molar-refractivity contribution in [3.63, 3.8) is 0 Å². The fraction of sp³-hybridized carbons (Fsp3) is 0.182. The van der Waals surface area contributed by atoms with Crippen LogP contribution in [-0.2, 0) is 19.1 Å². The Morgan fingerprint density at radius 2 is 1.13 bits per heavy atom. The maximum atomic E-state index is 12.3. The zero-order valence-electron chi connectivity index (χ0n) is 16.5. The van der Waals surface area contributed by atoms with Gasteiger partial charge < -0.3 is 19.3 Å². The fourth-order valence-electron chi connectivity index (χ4n) is 3.34. The highest BCUT2D eigenvalue weighted by molar-refractivity contribution is 8.29. The molecule has 0 spiro atoms. The molecule has 2 heterocycles. The van der Waals surface area contributed by atoms with Crippen LogP contribution in [-0.4, -0.2) is 39.2 Å². The number of hydrogen-bond donors (Lipinski definition) is 0. The van der Waals surface area contributed by atoms with E-state index in [4.69, 9.17) is 9.47 Å². The molecule has 8 heteroatoms. The van der Waals surface area contributed by atoms with Crippen LogP contribution in [0.25, 0.3) is 0 Å². The van der Waals surface area contributed by atoms with Crippen LogP contribution in [0.5, 0.6) is 0 Å². The van der Waals surface area contributed by atoms with Crippen molar-refractivity contribution in [2.24, 2.45) is 0 Å². The van der Waals surface area contributed by atoms with Gasteiger partial charge in [-0.2, -0.15) is 0 Å². The second kappa shape index (κ2) is 8.89. The number of hydrogen-bond acceptors (Lipinski definition) is 8. The molecule has 0 bridgehead atoms. The molecule has 0 N–H and O–H groups in total. The highest BCUT2D eigenvalue weighted by atomic mass is 32.2. The van der Waals surface area contributed by atoms with Gasteiger partial charge in [0.1, 0.15) is 15.6 Å². The summed E-state index contributed by atoms with van der Waals surface area (Å²) in [6.45, 7) is 1.56. The number of carbonyl (C=O) groups is 2. The Hall–Kier alpha value is -2.84. The zero-order valence-corrected chi connectivity index (χ0v) is 18.2. The second-order valence-corrected chi connectivity index (χ2v) is 8.73. The number of para-hydroxylation sites is 2. The molecule has 0 aliphatic carbocycles. The predicted octanol–water partition coefficient (Wildman–Crippen LogP) is 4.18. The summed E-state index contributed by atoms with van der Waals surface area (Å²) in [6.07, 6.45) is 0. The summed E-state index contributed by atoms with van der Waals surface area (Å²) < 4.78 is 10.6. The van der Waals surface area contributed by atoms with E-state index < -0.39 is 11.9 Å². The molecule has 154 valence electrons. The van der Waals surface area contributed by atoms with Crippen molar-refractivity contribution < 1.29 is 19.1 Å². The number of rotatable bonds is 4. The van der Waals surface area contributed by atoms with Crippen molar-refractivity contribution in [2.45, 2.75) is 0 Å². The molecule has 0 saturated carbocycles. The van der Waals surface area contributed by atoms with E-state index >= 15 is 0 Å². The Morgan fingerprint density at radius 3 is 1.50 bits per heavy atom. The van der Waals surface area contributed by atoms with Gasteiger partial charge in [0.25, 0.3) is 0 Å². The fourth-order valence-corrected chi connectivity index (χ4v) is 5.94. The van der Waals surface area contributed by atoms with Gasteiger partial charge in [0, 0.05) is 24.5 Å². The standard InChI is InChI=1S/C22H20N2O4S2/c1-27-20(25)17-18(21(26)28-2)30-22(29-17)19-23(15-9-5-3-6-10-15)13-14-24(19)16-11-7-4-8-12-16/h3-12H,13-14H2,1-2H3. The quantitative estimate of drug-likeness (QED) is 0.657. The SMILES string of the molecule is COC(=O)C1=C(C(=O)OC)SC(=C2N(c3ccccc3)CCN2c2ccccc2)S1. The van der Waals surface area contributed by atoms with Crippen LogP contribution in [0.3, 0.4) is 0 Å². The Bertz CT molecular complexity index is 942. The summed E-state index contributed by atoms with van der Waals surface area (Å²) in [6, 6.07) is 20.1. The number of anilines is 2. The van der Waals surface area contributed by atoms with Crippen LogP contribution in [0, 0.1) is 0 Å². The highest BCUT2D eigenvalue weighted by Crippen LogP contribution is 2.53. The summed E-state index contributed by atoms with van der Waals surface area (Å²) in [5.41, 5.74) is 2.09. The molecule has 6 nitrogen and oxygen atoms in total. The zero-order chi connectivity index (χ0) is 21.1. The third-order valence-corrected chi connectivity index (χ3v) is 7.23. The molecule has 2 aliphatic rings. The van der Waals surface area contributed by atoms with Crippen molar-refractivity contribution in [1.82, 2.24) is 0 Å². The first-order valence-electron chi connectivity index (χ1n) is 9.30. The molecular weight excluding hydrogens is 420 g/mol. The summed E-state index contributed by atoms with van der Waals surface area (Å²) in [5.74, 6) is -0.152. The van der Waals surface area contributed by atoms with Gasteiger partial charge in [-0.05, 0) is 24.3 Å². The normalized spacial score (nSPS) is 16.3. The highest BCUT2D eigenvalue weighted by Gasteiger charge is 2.38. The van der Waals surface area contributed by atoms with Gasteiger partial charge in [0.15, 0.2) is 0 Å². The number of nitrogens with zero attached hydrogens (tertiary/aromatic N) is 2. The van der Waals surface area contributed by atoms with Crippen LogP contribution in [0.2, 0.25) is 0 Å². The molecule has 2 aliphatic heterocycles. The van der Waals surface area contributed by atoms with E-state index in [1.807, 2.05) is 36.4 Å². The molecule has 0 amide bonds. The Morgan fingerprint density at radius 1 is 0.733 bits per heavy atom. The predicted molar refractivity (Wildman–Crippen MR) is 121 cm³/mol. The summed E-state index contributed by atoms with van der Waals surface area (Å²) in [7, 11) is 2.62. The van der Waals surface area contributed by atoms with Crippen LogP contribution < -0.4 is 9.80 Å². The number of carbonyl (C=O) groups excluding carboxylic acids is 2. The van der Waals surface area contributed by atoms with Gasteiger partial charge in [-0.1, -0.05) is 59.9 Å². The molecular formula is C22H20N2O4S2. The minimum atomic E-state index is -0.543. The van der Waals surface area contributed by atoms with Gasteiger partial charge in [0.2, 0.25) is 0 Å². The number of thioether (sulfide) groups is 2. The molecule has 30 heavy (non-hydrogen) atoms. The van der Waals surface area contributed by atoms with Gasteiger partial charge >= 0.3 is 11.9 Å². The maximum absolute atomic E-state index is 12.3. The lowest BCUT2D eigenvalue weighted by Crippen LogP contribution is -2.23. The van der Waals surface area contributed by atoms with Crippen LogP contribution >= 0.6 is 23.5 Å². The van der Waals surface area contributed by atoms with Gasteiger partial charge in [-0.15, -0.1) is 0 Å². The monoisotopic (exact) mass is 440 g/mol. The van der Waals surface area contributed by atoms with Gasteiger partial charge in [0.05, 0.1) is 18.5 Å². The number of esters is 2. The number of benzene rings is 2.